The molecule has 0 fully saturated rings. The van der Waals surface area contributed by atoms with Gasteiger partial charge < -0.3 is 20.7 Å². The van der Waals surface area contributed by atoms with Crippen LogP contribution in [-0.2, 0) is 9.59 Å². The lowest BCUT2D eigenvalue weighted by atomic mass is 10.1. The number of rotatable bonds is 10. The van der Waals surface area contributed by atoms with Gasteiger partial charge in [-0.25, -0.2) is 0 Å². The van der Waals surface area contributed by atoms with Crippen molar-refractivity contribution in [1.29, 1.82) is 0 Å². The second kappa shape index (κ2) is 14.0. The number of carbonyl (C=O) groups excluding carboxylic acids is 3. The van der Waals surface area contributed by atoms with Crippen LogP contribution in [0.1, 0.15) is 27.0 Å². The lowest BCUT2D eigenvalue weighted by Crippen LogP contribution is -2.30. The molecule has 0 aromatic heterocycles. The van der Waals surface area contributed by atoms with Gasteiger partial charge in [0.1, 0.15) is 11.4 Å². The zero-order valence-corrected chi connectivity index (χ0v) is 23.9. The maximum atomic E-state index is 13.4. The zero-order valence-electron chi connectivity index (χ0n) is 23.1. The standard InChI is InChI=1S/C33H31N3O4S/c1-22-10-7-17-29(23(22)2)35-31(37)21-41-28-16-9-14-26(20-28)34-33(39)30(19-24-11-8-15-27(18-24)40-3)36-32(38)25-12-5-4-6-13-25/h4-20H,21H2,1-3H3,(H,34,39)(H,35,37)(H,36,38)/b30-19-. The fourth-order valence-corrected chi connectivity index (χ4v) is 4.68. The average Bonchev–Trinajstić information content (AvgIpc) is 2.99. The molecule has 0 saturated carbocycles. The number of amides is 3. The molecule has 0 aliphatic carbocycles. The number of ether oxygens (including phenoxy) is 1. The van der Waals surface area contributed by atoms with Gasteiger partial charge in [0.25, 0.3) is 11.8 Å². The predicted molar refractivity (Wildman–Crippen MR) is 165 cm³/mol. The van der Waals surface area contributed by atoms with Crippen LogP contribution in [0.15, 0.2) is 108 Å². The molecule has 7 nitrogen and oxygen atoms in total. The normalized spacial score (nSPS) is 11.0. The molecule has 4 rings (SSSR count). The average molecular weight is 566 g/mol. The minimum absolute atomic E-state index is 0.0677. The topological polar surface area (TPSA) is 96.5 Å². The fraction of sp³-hybridized carbons (Fsp3) is 0.121. The first kappa shape index (κ1) is 29.2. The lowest BCUT2D eigenvalue weighted by molar-refractivity contribution is -0.114. The largest absolute Gasteiger partial charge is 0.497 e. The molecule has 0 saturated heterocycles. The van der Waals surface area contributed by atoms with Gasteiger partial charge in [-0.1, -0.05) is 48.5 Å². The maximum Gasteiger partial charge on any atom is 0.272 e. The molecular weight excluding hydrogens is 534 g/mol. The second-order valence-electron chi connectivity index (χ2n) is 9.22. The van der Waals surface area contributed by atoms with Crippen LogP contribution >= 0.6 is 11.8 Å². The van der Waals surface area contributed by atoms with Crippen molar-refractivity contribution in [3.63, 3.8) is 0 Å². The molecule has 0 spiro atoms. The van der Waals surface area contributed by atoms with Gasteiger partial charge >= 0.3 is 0 Å². The van der Waals surface area contributed by atoms with E-state index in [4.69, 9.17) is 4.74 Å². The molecule has 0 aliphatic heterocycles. The Morgan fingerprint density at radius 2 is 1.59 bits per heavy atom. The van der Waals surface area contributed by atoms with E-state index in [-0.39, 0.29) is 17.4 Å². The third-order valence-corrected chi connectivity index (χ3v) is 7.27. The van der Waals surface area contributed by atoms with Gasteiger partial charge in [-0.05, 0) is 85.1 Å². The van der Waals surface area contributed by atoms with Crippen molar-refractivity contribution in [3.8, 4) is 5.75 Å². The molecule has 41 heavy (non-hydrogen) atoms. The van der Waals surface area contributed by atoms with Gasteiger partial charge in [0.05, 0.1) is 12.9 Å². The van der Waals surface area contributed by atoms with E-state index in [1.165, 1.54) is 11.8 Å². The van der Waals surface area contributed by atoms with Crippen LogP contribution in [0.5, 0.6) is 5.75 Å². The molecule has 0 heterocycles. The molecule has 0 radical (unpaired) electrons. The second-order valence-corrected chi connectivity index (χ2v) is 10.3. The predicted octanol–water partition coefficient (Wildman–Crippen LogP) is 6.45. The summed E-state index contributed by atoms with van der Waals surface area (Å²) in [5.41, 5.74) is 4.64. The van der Waals surface area contributed by atoms with Gasteiger partial charge in [0, 0.05) is 21.8 Å². The van der Waals surface area contributed by atoms with E-state index in [9.17, 15) is 14.4 Å². The number of hydrogen-bond acceptors (Lipinski definition) is 5. The van der Waals surface area contributed by atoms with Gasteiger partial charge in [0.2, 0.25) is 5.91 Å². The maximum absolute atomic E-state index is 13.4. The summed E-state index contributed by atoms with van der Waals surface area (Å²) in [6.07, 6.45) is 1.59. The van der Waals surface area contributed by atoms with Gasteiger partial charge in [-0.15, -0.1) is 11.8 Å². The number of aryl methyl sites for hydroxylation is 1. The van der Waals surface area contributed by atoms with E-state index in [0.29, 0.717) is 22.6 Å². The highest BCUT2D eigenvalue weighted by atomic mass is 32.2. The molecule has 4 aromatic rings. The molecule has 3 amide bonds. The molecule has 0 aliphatic rings. The Bertz CT molecular complexity index is 1580. The number of hydrogen-bond donors (Lipinski definition) is 3. The highest BCUT2D eigenvalue weighted by Gasteiger charge is 2.16. The Labute approximate surface area is 244 Å². The zero-order chi connectivity index (χ0) is 29.2. The van der Waals surface area contributed by atoms with Gasteiger partial charge in [-0.3, -0.25) is 14.4 Å². The number of thioether (sulfide) groups is 1. The summed E-state index contributed by atoms with van der Waals surface area (Å²) in [7, 11) is 1.56. The number of methoxy groups -OCH3 is 1. The van der Waals surface area contributed by atoms with Crippen molar-refractivity contribution < 1.29 is 19.1 Å². The smallest absolute Gasteiger partial charge is 0.272 e. The monoisotopic (exact) mass is 565 g/mol. The minimum Gasteiger partial charge on any atom is -0.497 e. The van der Waals surface area contributed by atoms with Crippen molar-refractivity contribution >= 4 is 46.9 Å². The van der Waals surface area contributed by atoms with Crippen LogP contribution in [0.3, 0.4) is 0 Å². The molecule has 0 unspecified atom stereocenters. The van der Waals surface area contributed by atoms with E-state index in [0.717, 1.165) is 21.7 Å². The summed E-state index contributed by atoms with van der Waals surface area (Å²) < 4.78 is 5.29. The molecule has 208 valence electrons. The van der Waals surface area contributed by atoms with Crippen LogP contribution < -0.4 is 20.7 Å². The quantitative estimate of drug-likeness (QED) is 0.152. The first-order valence-corrected chi connectivity index (χ1v) is 13.9. The SMILES string of the molecule is COc1cccc(/C=C(\NC(=O)c2ccccc2)C(=O)Nc2cccc(SCC(=O)Nc3cccc(C)c3C)c2)c1. The van der Waals surface area contributed by atoms with E-state index in [1.54, 1.807) is 73.8 Å². The third kappa shape index (κ3) is 8.33. The van der Waals surface area contributed by atoms with E-state index in [1.807, 2.05) is 50.2 Å². The highest BCUT2D eigenvalue weighted by Crippen LogP contribution is 2.24. The van der Waals surface area contributed by atoms with Crippen molar-refractivity contribution in [1.82, 2.24) is 5.32 Å². The van der Waals surface area contributed by atoms with Crippen LogP contribution in [0.2, 0.25) is 0 Å². The van der Waals surface area contributed by atoms with Crippen molar-refractivity contribution in [2.45, 2.75) is 18.7 Å². The van der Waals surface area contributed by atoms with E-state index >= 15 is 0 Å². The Hall–Kier alpha value is -4.82. The fourth-order valence-electron chi connectivity index (χ4n) is 3.92. The van der Waals surface area contributed by atoms with E-state index < -0.39 is 11.8 Å². The Morgan fingerprint density at radius 3 is 2.37 bits per heavy atom. The van der Waals surface area contributed by atoms with Crippen LogP contribution in [0.4, 0.5) is 11.4 Å². The molecule has 8 heteroatoms. The number of carbonyl (C=O) groups is 3. The Balaban J connectivity index is 1.47. The lowest BCUT2D eigenvalue weighted by Gasteiger charge is -2.13. The van der Waals surface area contributed by atoms with Crippen LogP contribution in [-0.4, -0.2) is 30.6 Å². The van der Waals surface area contributed by atoms with Crippen molar-refractivity contribution in [2.24, 2.45) is 0 Å². The number of nitrogens with one attached hydrogen (secondary N) is 3. The Morgan fingerprint density at radius 1 is 0.829 bits per heavy atom. The summed E-state index contributed by atoms with van der Waals surface area (Å²) in [6, 6.07) is 28.9. The van der Waals surface area contributed by atoms with Crippen LogP contribution in [0, 0.1) is 13.8 Å². The molecule has 4 aromatic carbocycles. The minimum atomic E-state index is -0.494. The summed E-state index contributed by atoms with van der Waals surface area (Å²) >= 11 is 1.36. The molecule has 0 bridgehead atoms. The summed E-state index contributed by atoms with van der Waals surface area (Å²) in [6.45, 7) is 3.98. The first-order valence-electron chi connectivity index (χ1n) is 12.9. The van der Waals surface area contributed by atoms with Crippen LogP contribution in [0.25, 0.3) is 6.08 Å². The third-order valence-electron chi connectivity index (χ3n) is 6.27. The Kier molecular flexibility index (Phi) is 9.96. The van der Waals surface area contributed by atoms with Gasteiger partial charge in [0.15, 0.2) is 0 Å². The van der Waals surface area contributed by atoms with Gasteiger partial charge in [-0.2, -0.15) is 0 Å². The first-order chi connectivity index (χ1) is 19.8. The molecule has 0 atom stereocenters. The molecule has 3 N–H and O–H groups in total. The van der Waals surface area contributed by atoms with Crippen molar-refractivity contribution in [3.05, 3.63) is 125 Å². The highest BCUT2D eigenvalue weighted by molar-refractivity contribution is 8.00. The number of benzene rings is 4. The number of anilines is 2. The summed E-state index contributed by atoms with van der Waals surface area (Å²) in [5.74, 6) is -0.190. The van der Waals surface area contributed by atoms with Crippen molar-refractivity contribution in [2.75, 3.05) is 23.5 Å². The molecular formula is C33H31N3O4S. The summed E-state index contributed by atoms with van der Waals surface area (Å²) in [4.78, 5) is 39.7. The van der Waals surface area contributed by atoms with E-state index in [2.05, 4.69) is 16.0 Å². The summed E-state index contributed by atoms with van der Waals surface area (Å²) in [5, 5.41) is 8.56.